The highest BCUT2D eigenvalue weighted by atomic mass is 19.1. The van der Waals surface area contributed by atoms with Gasteiger partial charge in [0.05, 0.1) is 0 Å². The molecule has 5 heteroatoms. The summed E-state index contributed by atoms with van der Waals surface area (Å²) in [6, 6.07) is 16.1. The Labute approximate surface area is 189 Å². The summed E-state index contributed by atoms with van der Waals surface area (Å²) in [6.07, 6.45) is 5.96. The first kappa shape index (κ1) is 21.6. The van der Waals surface area contributed by atoms with Crippen LogP contribution in [0.3, 0.4) is 0 Å². The molecule has 0 atom stereocenters. The molecule has 0 unspecified atom stereocenters. The number of nitrogens with two attached hydrogens (primary N) is 1. The van der Waals surface area contributed by atoms with Crippen molar-refractivity contribution in [2.75, 3.05) is 10.6 Å². The van der Waals surface area contributed by atoms with E-state index in [4.69, 9.17) is 10.7 Å². The number of rotatable bonds is 4. The molecular weight excluding hydrogens is 399 g/mol. The molecule has 1 fully saturated rings. The summed E-state index contributed by atoms with van der Waals surface area (Å²) in [7, 11) is 0. The monoisotopic (exact) mass is 426 g/mol. The highest BCUT2D eigenvalue weighted by Crippen LogP contribution is 2.35. The van der Waals surface area contributed by atoms with Gasteiger partial charge in [0.2, 0.25) is 5.82 Å². The van der Waals surface area contributed by atoms with Crippen LogP contribution in [0.1, 0.15) is 49.1 Å². The molecule has 2 N–H and O–H groups in total. The second-order valence-corrected chi connectivity index (χ2v) is 8.11. The minimum atomic E-state index is -0.324. The second kappa shape index (κ2) is 9.65. The van der Waals surface area contributed by atoms with Crippen molar-refractivity contribution < 1.29 is 4.39 Å². The van der Waals surface area contributed by atoms with Crippen LogP contribution in [0.15, 0.2) is 61.2 Å². The van der Waals surface area contributed by atoms with Crippen LogP contribution in [0.2, 0.25) is 0 Å². The lowest BCUT2D eigenvalue weighted by molar-refractivity contribution is 0.430. The maximum Gasteiger partial charge on any atom is 0.208 e. The Kier molecular flexibility index (Phi) is 6.51. The van der Waals surface area contributed by atoms with Crippen molar-refractivity contribution in [1.29, 1.82) is 0 Å². The van der Waals surface area contributed by atoms with Crippen LogP contribution in [0, 0.1) is 30.5 Å². The normalized spacial score (nSPS) is 13.8. The van der Waals surface area contributed by atoms with Gasteiger partial charge < -0.3 is 5.73 Å². The molecule has 4 nitrogen and oxygen atoms in total. The first-order valence-corrected chi connectivity index (χ1v) is 11.0. The zero-order chi connectivity index (χ0) is 22.5. The number of hydrogen-bond donors (Lipinski definition) is 1. The quantitative estimate of drug-likeness (QED) is 0.501. The number of nitrogen functional groups attached to an aromatic ring is 1. The van der Waals surface area contributed by atoms with Crippen LogP contribution >= 0.6 is 0 Å². The molecule has 0 saturated heterocycles. The molecule has 4 rings (SSSR count). The van der Waals surface area contributed by atoms with Crippen LogP contribution < -0.4 is 10.6 Å². The van der Waals surface area contributed by atoms with Gasteiger partial charge in [0, 0.05) is 28.4 Å². The Balaban J connectivity index is 1.79. The predicted molar refractivity (Wildman–Crippen MR) is 129 cm³/mol. The van der Waals surface area contributed by atoms with Crippen molar-refractivity contribution in [2.45, 2.75) is 39.0 Å². The molecule has 162 valence electrons. The Morgan fingerprint density at radius 2 is 1.81 bits per heavy atom. The lowest BCUT2D eigenvalue weighted by atomic mass is 9.90. The highest BCUT2D eigenvalue weighted by molar-refractivity contribution is 5.87. The lowest BCUT2D eigenvalue weighted by Gasteiger charge is -2.28. The molecule has 0 bridgehead atoms. The molecule has 32 heavy (non-hydrogen) atoms. The smallest absolute Gasteiger partial charge is 0.208 e. The topological polar surface area (TPSA) is 55.0 Å². The molecule has 0 radical (unpaired) electrons. The third-order valence-electron chi connectivity index (χ3n) is 5.81. The molecule has 0 amide bonds. The fourth-order valence-corrected chi connectivity index (χ4v) is 3.99. The van der Waals surface area contributed by atoms with Crippen LogP contribution in [0.25, 0.3) is 5.70 Å². The number of anilines is 3. The van der Waals surface area contributed by atoms with Gasteiger partial charge in [-0.15, -0.1) is 0 Å². The van der Waals surface area contributed by atoms with Gasteiger partial charge >= 0.3 is 0 Å². The molecule has 3 aromatic rings. The molecule has 1 heterocycles. The predicted octanol–water partition coefficient (Wildman–Crippen LogP) is 6.25. The summed E-state index contributed by atoms with van der Waals surface area (Å²) in [4.78, 5) is 11.1. The fraction of sp³-hybridized carbons (Fsp3) is 0.259. The minimum absolute atomic E-state index is 0.324. The van der Waals surface area contributed by atoms with Gasteiger partial charge in [-0.2, -0.15) is 0 Å². The molecule has 0 spiro atoms. The van der Waals surface area contributed by atoms with Crippen molar-refractivity contribution in [3.05, 3.63) is 83.9 Å². The highest BCUT2D eigenvalue weighted by Gasteiger charge is 2.21. The minimum Gasteiger partial charge on any atom is -0.383 e. The van der Waals surface area contributed by atoms with Crippen molar-refractivity contribution in [2.24, 2.45) is 5.92 Å². The standard InChI is InChI=1S/C27H27FN4/c1-19-26(29)30-25(17-16-21-10-5-3-6-11-21)31-27(19)32(24-14-7-4-8-15-24)20(2)22-12-9-13-23(28)18-22/h4,7-9,12-15,18,21H,2-3,5-6,10-11H2,1H3,(H2,29,30,31). The Hall–Kier alpha value is -3.65. The Bertz CT molecular complexity index is 1170. The zero-order valence-electron chi connectivity index (χ0n) is 18.3. The molecule has 2 aromatic carbocycles. The van der Waals surface area contributed by atoms with E-state index in [1.54, 1.807) is 6.07 Å². The number of halogens is 1. The van der Waals surface area contributed by atoms with E-state index in [1.165, 1.54) is 31.4 Å². The van der Waals surface area contributed by atoms with Crippen LogP contribution in [-0.2, 0) is 0 Å². The third kappa shape index (κ3) is 4.81. The van der Waals surface area contributed by atoms with Gasteiger partial charge in [-0.1, -0.05) is 62.1 Å². The Morgan fingerprint density at radius 1 is 1.06 bits per heavy atom. The fourth-order valence-electron chi connectivity index (χ4n) is 3.99. The molecule has 0 aliphatic heterocycles. The van der Waals surface area contributed by atoms with E-state index in [0.717, 1.165) is 24.1 Å². The first-order chi connectivity index (χ1) is 15.5. The van der Waals surface area contributed by atoms with E-state index in [0.29, 0.717) is 34.6 Å². The largest absolute Gasteiger partial charge is 0.383 e. The van der Waals surface area contributed by atoms with E-state index in [9.17, 15) is 4.39 Å². The summed E-state index contributed by atoms with van der Waals surface area (Å²) < 4.78 is 14.0. The lowest BCUT2D eigenvalue weighted by Crippen LogP contribution is -2.19. The van der Waals surface area contributed by atoms with Crippen LogP contribution in [0.5, 0.6) is 0 Å². The zero-order valence-corrected chi connectivity index (χ0v) is 18.3. The number of benzene rings is 2. The van der Waals surface area contributed by atoms with E-state index in [1.807, 2.05) is 48.2 Å². The SMILES string of the molecule is C=C(c1cccc(F)c1)N(c1ccccc1)c1nc(C#CC2CCCCC2)nc(N)c1C. The van der Waals surface area contributed by atoms with Gasteiger partial charge in [0.15, 0.2) is 0 Å². The van der Waals surface area contributed by atoms with E-state index in [-0.39, 0.29) is 5.82 Å². The van der Waals surface area contributed by atoms with Gasteiger partial charge in [-0.25, -0.2) is 14.4 Å². The summed E-state index contributed by atoms with van der Waals surface area (Å²) in [5.41, 5.74) is 9.07. The summed E-state index contributed by atoms with van der Waals surface area (Å²) in [6.45, 7) is 6.13. The average Bonchev–Trinajstić information content (AvgIpc) is 2.82. The molecule has 1 saturated carbocycles. The molecule has 1 aromatic heterocycles. The summed E-state index contributed by atoms with van der Waals surface area (Å²) in [5.74, 6) is 7.89. The van der Waals surface area contributed by atoms with Gasteiger partial charge in [-0.05, 0) is 50.0 Å². The van der Waals surface area contributed by atoms with Crippen molar-refractivity contribution >= 4 is 23.0 Å². The first-order valence-electron chi connectivity index (χ1n) is 11.0. The molecule has 1 aliphatic rings. The van der Waals surface area contributed by atoms with Crippen LogP contribution in [-0.4, -0.2) is 9.97 Å². The van der Waals surface area contributed by atoms with E-state index < -0.39 is 0 Å². The maximum absolute atomic E-state index is 14.0. The van der Waals surface area contributed by atoms with E-state index >= 15 is 0 Å². The van der Waals surface area contributed by atoms with E-state index in [2.05, 4.69) is 23.4 Å². The van der Waals surface area contributed by atoms with Gasteiger partial charge in [-0.3, -0.25) is 4.90 Å². The van der Waals surface area contributed by atoms with Gasteiger partial charge in [0.25, 0.3) is 0 Å². The van der Waals surface area contributed by atoms with Crippen LogP contribution in [0.4, 0.5) is 21.7 Å². The second-order valence-electron chi connectivity index (χ2n) is 8.11. The molecular formula is C27H27FN4. The maximum atomic E-state index is 14.0. The summed E-state index contributed by atoms with van der Waals surface area (Å²) >= 11 is 0. The van der Waals surface area contributed by atoms with Gasteiger partial charge in [0.1, 0.15) is 17.5 Å². The van der Waals surface area contributed by atoms with Crippen molar-refractivity contribution in [1.82, 2.24) is 9.97 Å². The third-order valence-corrected chi connectivity index (χ3v) is 5.81. The number of hydrogen-bond acceptors (Lipinski definition) is 4. The Morgan fingerprint density at radius 3 is 2.53 bits per heavy atom. The number of nitrogens with zero attached hydrogens (tertiary/aromatic N) is 3. The number of aromatic nitrogens is 2. The number of para-hydroxylation sites is 1. The average molecular weight is 427 g/mol. The molecule has 1 aliphatic carbocycles. The van der Waals surface area contributed by atoms with Crippen molar-refractivity contribution in [3.63, 3.8) is 0 Å². The summed E-state index contributed by atoms with van der Waals surface area (Å²) in [5, 5.41) is 0. The van der Waals surface area contributed by atoms with Crippen molar-refractivity contribution in [3.8, 4) is 11.8 Å².